The molecule has 20 aromatic carbocycles. The SMILES string of the molecule is N#Cc1cc2c3ccccc3n(-c3ccc4c(c3)c3c(ccc5c6ccccc6n(-c6ccccc6)c53)n4-c3ccccc3)c2c2c3ccccc3n(-c3ccccc3)c12.c1ccc(-c2cc(-c3cc4c5ccccc5n(-c5ccc6c(c5)c5c(ccc7c8ccccc8n(-c8ccccc8)c75)n6-c5ccccc5)c4c4c5ccccc5n(-c5ccccc5)c34)nc(-c3ccccc3)n2)cc1. The van der Waals surface area contributed by atoms with Crippen molar-refractivity contribution < 1.29 is 0 Å². The summed E-state index contributed by atoms with van der Waals surface area (Å²) in [5.74, 6) is 0.679. The van der Waals surface area contributed by atoms with E-state index in [0.717, 1.165) is 183 Å². The summed E-state index contributed by atoms with van der Waals surface area (Å²) in [5.41, 5.74) is 32.1. The third-order valence-electron chi connectivity index (χ3n) is 28.1. The van der Waals surface area contributed by atoms with Crippen molar-refractivity contribution in [3.8, 4) is 85.5 Å². The minimum atomic E-state index is 0.651. The summed E-state index contributed by atoms with van der Waals surface area (Å²) >= 11 is 0. The molecule has 136 heavy (non-hydrogen) atoms. The third kappa shape index (κ3) is 11.3. The summed E-state index contributed by atoms with van der Waals surface area (Å²) in [6, 6.07) is 170. The Kier molecular flexibility index (Phi) is 16.9. The van der Waals surface area contributed by atoms with E-state index in [-0.39, 0.29) is 0 Å². The first-order chi connectivity index (χ1) is 67.5. The van der Waals surface area contributed by atoms with Crippen LogP contribution in [0.5, 0.6) is 0 Å². The summed E-state index contributed by atoms with van der Waals surface area (Å²) in [5, 5.41) is 29.5. The molecular weight excluding hydrogens is 1660 g/mol. The highest BCUT2D eigenvalue weighted by Gasteiger charge is 2.31. The van der Waals surface area contributed by atoms with Gasteiger partial charge in [-0.05, 0) is 176 Å². The third-order valence-corrected chi connectivity index (χ3v) is 28.1. The molecule has 0 aliphatic carbocycles. The van der Waals surface area contributed by atoms with Crippen molar-refractivity contribution in [2.75, 3.05) is 0 Å². The van der Waals surface area contributed by atoms with Crippen LogP contribution < -0.4 is 0 Å². The lowest BCUT2D eigenvalue weighted by atomic mass is 9.99. The number of nitriles is 1. The fourth-order valence-electron chi connectivity index (χ4n) is 22.6. The number of nitrogens with zero attached hydrogens (tertiary/aromatic N) is 11. The monoisotopic (exact) mass is 1730 g/mol. The summed E-state index contributed by atoms with van der Waals surface area (Å²) < 4.78 is 19.5. The molecule has 0 unspecified atom stereocenters. The lowest BCUT2D eigenvalue weighted by Gasteiger charge is -2.15. The highest BCUT2D eigenvalue weighted by Crippen LogP contribution is 2.52. The molecule has 632 valence electrons. The van der Waals surface area contributed by atoms with Gasteiger partial charge < -0.3 is 36.5 Å². The standard InChI is InChI=1S/C70H44N6.C55H33N5/c1-6-22-45(23-7-1)58-44-59(72-70(71-58)46-24-8-2-9-25-46)56-43-55-52-33-17-20-36-61(52)76(68(55)66-54-34-18-21-37-62(54)75(69(56)66)49-30-14-5-15-31-49)50-38-40-63-57(42-50)65-64(73(63)47-26-10-3-11-27-47)41-39-53-51-32-16-19-35-60(51)74(67(53)65)48-28-12-4-13-29-48;56-34-35-32-44-41-23-11-14-26-47(41)60(55(44)52-43-24-12-15-27-48(43)58(53(35)52)37-18-6-2-7-19-37)39-28-30-49-45(33-39)51-50(57(49)36-16-4-1-5-17-36)31-29-42-40-22-10-13-25-46(40)59(54(42)51)38-20-8-3-9-21-38/h1-44H;1-33H. The molecule has 9 aromatic heterocycles. The Morgan fingerprint density at radius 3 is 0.846 bits per heavy atom. The van der Waals surface area contributed by atoms with Crippen LogP contribution in [0, 0.1) is 11.3 Å². The zero-order valence-corrected chi connectivity index (χ0v) is 73.4. The van der Waals surface area contributed by atoms with Crippen LogP contribution in [-0.2, 0) is 0 Å². The van der Waals surface area contributed by atoms with Gasteiger partial charge in [-0.25, -0.2) is 9.97 Å². The van der Waals surface area contributed by atoms with Crippen LogP contribution in [0.3, 0.4) is 0 Å². The summed E-state index contributed by atoms with van der Waals surface area (Å²) in [6.07, 6.45) is 0. The van der Waals surface area contributed by atoms with Crippen LogP contribution in [0.25, 0.3) is 254 Å². The maximum Gasteiger partial charge on any atom is 0.160 e. The molecule has 9 heterocycles. The number of aromatic nitrogens is 10. The number of hydrogen-bond donors (Lipinski definition) is 0. The second-order valence-corrected chi connectivity index (χ2v) is 35.3. The maximum absolute atomic E-state index is 10.9. The quantitative estimate of drug-likeness (QED) is 0.129. The molecule has 0 saturated carbocycles. The lowest BCUT2D eigenvalue weighted by Crippen LogP contribution is -2.00. The van der Waals surface area contributed by atoms with E-state index in [2.05, 4.69) is 498 Å². The van der Waals surface area contributed by atoms with Gasteiger partial charge in [-0.15, -0.1) is 0 Å². The van der Waals surface area contributed by atoms with Crippen molar-refractivity contribution >= 4 is 174 Å². The van der Waals surface area contributed by atoms with E-state index >= 15 is 0 Å². The second kappa shape index (κ2) is 30.2. The van der Waals surface area contributed by atoms with Gasteiger partial charge in [0.15, 0.2) is 5.82 Å². The Labute approximate surface area is 779 Å². The molecule has 29 aromatic rings. The molecule has 0 bridgehead atoms. The van der Waals surface area contributed by atoms with Crippen LogP contribution >= 0.6 is 0 Å². The zero-order valence-electron chi connectivity index (χ0n) is 73.4. The number of hydrogen-bond acceptors (Lipinski definition) is 3. The van der Waals surface area contributed by atoms with Gasteiger partial charge in [0.2, 0.25) is 0 Å². The van der Waals surface area contributed by atoms with E-state index in [1.807, 2.05) is 12.1 Å². The highest BCUT2D eigenvalue weighted by molar-refractivity contribution is 6.33. The Morgan fingerprint density at radius 2 is 0.449 bits per heavy atom. The summed E-state index contributed by atoms with van der Waals surface area (Å²) in [7, 11) is 0. The largest absolute Gasteiger partial charge is 0.309 e. The molecule has 11 heteroatoms. The van der Waals surface area contributed by atoms with Gasteiger partial charge >= 0.3 is 0 Å². The van der Waals surface area contributed by atoms with Crippen LogP contribution in [0.15, 0.2) is 467 Å². The predicted octanol–water partition coefficient (Wildman–Crippen LogP) is 31.8. The normalized spacial score (nSPS) is 12.0. The van der Waals surface area contributed by atoms with Gasteiger partial charge in [-0.3, -0.25) is 0 Å². The molecule has 0 aliphatic heterocycles. The first-order valence-electron chi connectivity index (χ1n) is 46.3. The minimum absolute atomic E-state index is 0.651. The van der Waals surface area contributed by atoms with E-state index in [0.29, 0.717) is 11.4 Å². The fourth-order valence-corrected chi connectivity index (χ4v) is 22.6. The van der Waals surface area contributed by atoms with Gasteiger partial charge in [0.05, 0.1) is 105 Å². The second-order valence-electron chi connectivity index (χ2n) is 35.3. The van der Waals surface area contributed by atoms with E-state index < -0.39 is 0 Å². The van der Waals surface area contributed by atoms with Gasteiger partial charge in [-0.2, -0.15) is 5.26 Å². The molecule has 0 fully saturated rings. The average Bonchev–Trinajstić information content (AvgIpc) is 1.53. The first-order valence-corrected chi connectivity index (χ1v) is 46.3. The molecule has 0 saturated heterocycles. The highest BCUT2D eigenvalue weighted by atomic mass is 15.1. The number of para-hydroxylation sites is 12. The number of benzene rings is 20. The molecule has 0 N–H and O–H groups in total. The Balaban J connectivity index is 0.000000138. The molecular formula is C125H77N11. The summed E-state index contributed by atoms with van der Waals surface area (Å²) in [6.45, 7) is 0. The van der Waals surface area contributed by atoms with Crippen LogP contribution in [0.2, 0.25) is 0 Å². The van der Waals surface area contributed by atoms with Crippen molar-refractivity contribution in [1.29, 1.82) is 5.26 Å². The van der Waals surface area contributed by atoms with Gasteiger partial charge in [0.1, 0.15) is 6.07 Å². The topological polar surface area (TPSA) is 89.0 Å². The van der Waals surface area contributed by atoms with E-state index in [9.17, 15) is 5.26 Å². The smallest absolute Gasteiger partial charge is 0.160 e. The van der Waals surface area contributed by atoms with E-state index in [1.54, 1.807) is 0 Å². The molecule has 29 rings (SSSR count). The number of rotatable bonds is 11. The Hall–Kier alpha value is -18.6. The Morgan fingerprint density at radius 1 is 0.169 bits per heavy atom. The van der Waals surface area contributed by atoms with Gasteiger partial charge in [0.25, 0.3) is 0 Å². The van der Waals surface area contributed by atoms with Crippen molar-refractivity contribution in [2.24, 2.45) is 0 Å². The molecule has 0 spiro atoms. The average molecular weight is 1730 g/mol. The van der Waals surface area contributed by atoms with Crippen LogP contribution in [0.1, 0.15) is 5.56 Å². The Bertz CT molecular complexity index is 9970. The van der Waals surface area contributed by atoms with Crippen LogP contribution in [0.4, 0.5) is 0 Å². The van der Waals surface area contributed by atoms with Crippen molar-refractivity contribution in [3.05, 3.63) is 473 Å². The summed E-state index contributed by atoms with van der Waals surface area (Å²) in [4.78, 5) is 10.8. The molecule has 0 aliphatic rings. The fraction of sp³-hybridized carbons (Fsp3) is 0. The molecule has 0 radical (unpaired) electrons. The van der Waals surface area contributed by atoms with Crippen LogP contribution in [-0.4, -0.2) is 46.5 Å². The number of fused-ring (bicyclic) bond motifs is 28. The van der Waals surface area contributed by atoms with Crippen molar-refractivity contribution in [3.63, 3.8) is 0 Å². The van der Waals surface area contributed by atoms with E-state index in [1.165, 1.54) is 65.2 Å². The molecule has 0 amide bonds. The van der Waals surface area contributed by atoms with Gasteiger partial charge in [0, 0.05) is 148 Å². The zero-order chi connectivity index (χ0) is 89.3. The lowest BCUT2D eigenvalue weighted by molar-refractivity contribution is 1.16. The maximum atomic E-state index is 10.9. The minimum Gasteiger partial charge on any atom is -0.309 e. The first kappa shape index (κ1) is 76.3. The molecule has 0 atom stereocenters. The van der Waals surface area contributed by atoms with Gasteiger partial charge in [-0.1, -0.05) is 291 Å². The van der Waals surface area contributed by atoms with E-state index in [4.69, 9.17) is 9.97 Å². The molecule has 11 nitrogen and oxygen atoms in total. The van der Waals surface area contributed by atoms with Crippen molar-refractivity contribution in [1.82, 2.24) is 46.5 Å². The predicted molar refractivity (Wildman–Crippen MR) is 564 cm³/mol. The van der Waals surface area contributed by atoms with Crippen molar-refractivity contribution in [2.45, 2.75) is 0 Å².